The third-order valence-corrected chi connectivity index (χ3v) is 2.06. The minimum atomic E-state index is -7.35. The van der Waals surface area contributed by atoms with E-state index in [2.05, 4.69) is 0 Å². The van der Waals surface area contributed by atoms with E-state index in [0.717, 1.165) is 0 Å². The van der Waals surface area contributed by atoms with Gasteiger partial charge in [-0.2, -0.15) is 35.1 Å². The summed E-state index contributed by atoms with van der Waals surface area (Å²) in [5.74, 6) is -21.5. The molecule has 0 saturated carbocycles. The van der Waals surface area contributed by atoms with Gasteiger partial charge in [-0.1, -0.05) is 0 Å². The van der Waals surface area contributed by atoms with Crippen LogP contribution in [0.3, 0.4) is 0 Å². The summed E-state index contributed by atoms with van der Waals surface area (Å²) in [4.78, 5) is 0. The van der Waals surface area contributed by atoms with Crippen LogP contribution >= 0.6 is 0 Å². The van der Waals surface area contributed by atoms with Crippen molar-refractivity contribution in [2.24, 2.45) is 0 Å². The van der Waals surface area contributed by atoms with E-state index in [1.807, 2.05) is 0 Å². The third-order valence-electron chi connectivity index (χ3n) is 2.06. The number of aliphatic hydroxyl groups is 1. The van der Waals surface area contributed by atoms with Gasteiger partial charge < -0.3 is 5.11 Å². The Hall–Kier alpha value is -0.283. The van der Waals surface area contributed by atoms with E-state index in [1.165, 1.54) is 0 Å². The Morgan fingerprint density at radius 1 is 0.667 bits per heavy atom. The van der Waals surface area contributed by atoms with Gasteiger partial charge in [0.15, 0.2) is 6.17 Å². The van der Waals surface area contributed by atoms with Crippen LogP contribution in [0.25, 0.3) is 0 Å². The molecular weight excluding hydrogens is 335 g/mol. The Balaban J connectivity index is 0. The van der Waals surface area contributed by atoms with E-state index in [9.17, 15) is 52.7 Å². The van der Waals surface area contributed by atoms with Crippen molar-refractivity contribution >= 4 is 18.9 Å². The molecule has 0 aromatic rings. The van der Waals surface area contributed by atoms with Crippen LogP contribution in [0.15, 0.2) is 0 Å². The van der Waals surface area contributed by atoms with Crippen molar-refractivity contribution in [3.8, 4) is 0 Å². The monoisotopic (exact) mass is 340 g/mol. The molecule has 14 heteroatoms. The van der Waals surface area contributed by atoms with Gasteiger partial charge in [0.2, 0.25) is 6.17 Å². The van der Waals surface area contributed by atoms with Gasteiger partial charge in [-0.3, -0.25) is 0 Å². The van der Waals surface area contributed by atoms with Crippen LogP contribution in [0.4, 0.5) is 52.7 Å². The van der Waals surface area contributed by atoms with Gasteiger partial charge >= 0.3 is 42.7 Å². The van der Waals surface area contributed by atoms with Crippen LogP contribution in [0.5, 0.6) is 0 Å². The molecule has 2 unspecified atom stereocenters. The number of halogens is 12. The molecule has 0 aliphatic rings. The topological polar surface area (TPSA) is 20.2 Å². The first kappa shape index (κ1) is 23.0. The van der Waals surface area contributed by atoms with Crippen LogP contribution in [-0.4, -0.2) is 66.6 Å². The minimum absolute atomic E-state index is 0. The van der Waals surface area contributed by atoms with Crippen molar-refractivity contribution in [3.63, 3.8) is 0 Å². The fourth-order valence-corrected chi connectivity index (χ4v) is 0.899. The number of alkyl halides is 12. The molecule has 0 aliphatic heterocycles. The molecule has 21 heavy (non-hydrogen) atoms. The molecule has 0 amide bonds. The van der Waals surface area contributed by atoms with Crippen LogP contribution in [-0.2, 0) is 0 Å². The summed E-state index contributed by atoms with van der Waals surface area (Å²) in [6, 6.07) is 0. The Bertz CT molecular complexity index is 339. The molecule has 0 bridgehead atoms. The molecule has 0 radical (unpaired) electrons. The quantitative estimate of drug-likeness (QED) is 0.582. The average molecular weight is 340 g/mol. The first-order valence-corrected chi connectivity index (χ1v) is 4.31. The molecule has 124 valence electrons. The fourth-order valence-electron chi connectivity index (χ4n) is 0.899. The van der Waals surface area contributed by atoms with E-state index >= 15 is 0 Å². The van der Waals surface area contributed by atoms with E-state index in [4.69, 9.17) is 5.11 Å². The van der Waals surface area contributed by atoms with E-state index in [0.29, 0.717) is 0 Å². The van der Waals surface area contributed by atoms with Gasteiger partial charge in [-0.05, 0) is 0 Å². The second kappa shape index (κ2) is 6.45. The molecule has 0 heterocycles. The van der Waals surface area contributed by atoms with Gasteiger partial charge in [0.25, 0.3) is 6.43 Å². The zero-order chi connectivity index (χ0) is 16.7. The van der Waals surface area contributed by atoms with Crippen LogP contribution in [0.2, 0.25) is 0 Å². The van der Waals surface area contributed by atoms with Gasteiger partial charge in [0.1, 0.15) is 0 Å². The molecule has 0 fully saturated rings. The second-order valence-electron chi connectivity index (χ2n) is 3.49. The molecule has 2 atom stereocenters. The maximum atomic E-state index is 12.6. The Kier molecular flexibility index (Phi) is 7.06. The van der Waals surface area contributed by atoms with E-state index in [1.54, 1.807) is 0 Å². The maximum absolute atomic E-state index is 12.6. The summed E-state index contributed by atoms with van der Waals surface area (Å²) >= 11 is 0. The average Bonchev–Trinajstić information content (AvgIpc) is 2.24. The molecule has 0 rings (SSSR count). The molecular formula is C7H5F12LiO. The number of rotatable bonds is 6. The summed E-state index contributed by atoms with van der Waals surface area (Å²) in [6.45, 7) is 0. The zero-order valence-electron chi connectivity index (χ0n) is 8.71. The molecule has 1 N–H and O–H groups in total. The normalized spacial score (nSPS) is 17.4. The molecule has 0 aromatic heterocycles. The fraction of sp³-hybridized carbons (Fsp3) is 1.00. The van der Waals surface area contributed by atoms with Crippen molar-refractivity contribution in [2.75, 3.05) is 0 Å². The SMILES string of the molecule is OC(F)(F)C(F)(F)C(F)(F)C(F)(F)C(F)C(F)C(F)F.[LiH]. The predicted molar refractivity (Wildman–Crippen MR) is 45.0 cm³/mol. The molecule has 0 aliphatic carbocycles. The first-order chi connectivity index (χ1) is 8.51. The summed E-state index contributed by atoms with van der Waals surface area (Å²) in [6.07, 6.45) is -21.2. The zero-order valence-corrected chi connectivity index (χ0v) is 8.71. The van der Waals surface area contributed by atoms with Crippen LogP contribution < -0.4 is 0 Å². The molecule has 1 nitrogen and oxygen atoms in total. The summed E-state index contributed by atoms with van der Waals surface area (Å²) in [5, 5.41) is 7.41. The third kappa shape index (κ3) is 3.73. The predicted octanol–water partition coefficient (Wildman–Crippen LogP) is 2.77. The van der Waals surface area contributed by atoms with Gasteiger partial charge in [0, 0.05) is 0 Å². The van der Waals surface area contributed by atoms with Crippen molar-refractivity contribution in [2.45, 2.75) is 42.6 Å². The summed E-state index contributed by atoms with van der Waals surface area (Å²) < 4.78 is 146. The summed E-state index contributed by atoms with van der Waals surface area (Å²) in [7, 11) is 0. The number of hydrogen-bond donors (Lipinski definition) is 1. The van der Waals surface area contributed by atoms with Crippen molar-refractivity contribution < 1.29 is 57.8 Å². The Labute approximate surface area is 120 Å². The van der Waals surface area contributed by atoms with Gasteiger partial charge in [0.05, 0.1) is 0 Å². The van der Waals surface area contributed by atoms with Crippen molar-refractivity contribution in [3.05, 3.63) is 0 Å². The van der Waals surface area contributed by atoms with Crippen LogP contribution in [0.1, 0.15) is 0 Å². The van der Waals surface area contributed by atoms with E-state index < -0.39 is 42.6 Å². The molecule has 0 aromatic carbocycles. The van der Waals surface area contributed by atoms with E-state index in [-0.39, 0.29) is 18.9 Å². The Morgan fingerprint density at radius 2 is 1.00 bits per heavy atom. The first-order valence-electron chi connectivity index (χ1n) is 4.31. The standard InChI is InChI=1S/C7H4F12O.Li.H/c8-1(3(10)11)2(9)4(12,13)5(14,15)6(16,17)7(18,19)20;;/h1-3,20H;;. The van der Waals surface area contributed by atoms with Crippen molar-refractivity contribution in [1.82, 2.24) is 0 Å². The number of hydrogen-bond acceptors (Lipinski definition) is 1. The summed E-state index contributed by atoms with van der Waals surface area (Å²) in [5.41, 5.74) is 0. The molecule has 0 saturated heterocycles. The van der Waals surface area contributed by atoms with Gasteiger partial charge in [-0.25, -0.2) is 17.6 Å². The van der Waals surface area contributed by atoms with Crippen molar-refractivity contribution in [1.29, 1.82) is 0 Å². The van der Waals surface area contributed by atoms with Gasteiger partial charge in [-0.15, -0.1) is 0 Å². The second-order valence-corrected chi connectivity index (χ2v) is 3.49. The molecule has 0 spiro atoms. The van der Waals surface area contributed by atoms with Crippen LogP contribution in [0, 0.1) is 0 Å². The Morgan fingerprint density at radius 3 is 1.24 bits per heavy atom.